The molecule has 2 rings (SSSR count). The maximum absolute atomic E-state index is 12.3. The van der Waals surface area contributed by atoms with E-state index in [1.165, 1.54) is 0 Å². The third-order valence-electron chi connectivity index (χ3n) is 3.95. The van der Waals surface area contributed by atoms with E-state index < -0.39 is 6.10 Å². The molecule has 1 aliphatic heterocycles. The average molecular weight is 336 g/mol. The number of aliphatic hydroxyl groups is 1. The largest absolute Gasteiger partial charge is 0.392 e. The fourth-order valence-corrected chi connectivity index (χ4v) is 3.65. The van der Waals surface area contributed by atoms with E-state index in [0.29, 0.717) is 39.3 Å². The predicted molar refractivity (Wildman–Crippen MR) is 90.0 cm³/mol. The lowest BCUT2D eigenvalue weighted by atomic mass is 10.2. The van der Waals surface area contributed by atoms with E-state index in [9.17, 15) is 15.2 Å². The van der Waals surface area contributed by atoms with Gasteiger partial charge in [-0.3, -0.25) is 14.6 Å². The van der Waals surface area contributed by atoms with Crippen LogP contribution < -0.4 is 0 Å². The van der Waals surface area contributed by atoms with E-state index in [1.807, 2.05) is 34.4 Å². The molecule has 2 unspecified atom stereocenters. The Morgan fingerprint density at radius 1 is 1.48 bits per heavy atom. The summed E-state index contributed by atoms with van der Waals surface area (Å²) in [6.07, 6.45) is -0.438. The smallest absolute Gasteiger partial charge is 0.236 e. The maximum Gasteiger partial charge on any atom is 0.236 e. The Morgan fingerprint density at radius 2 is 2.17 bits per heavy atom. The molecular formula is C16H24N4O2S. The number of nitriles is 1. The van der Waals surface area contributed by atoms with Crippen LogP contribution in [0.25, 0.3) is 0 Å². The summed E-state index contributed by atoms with van der Waals surface area (Å²) in [5.74, 6) is 0.0810. The standard InChI is InChI=1S/C16H24N4O2S/c1-13(21)11-18(2)12-16(22)20-7-5-19(6-8-20)14(10-17)15-4-3-9-23-15/h3-4,9,13-14,21H,5-8,11-12H2,1-2H3. The van der Waals surface area contributed by atoms with Gasteiger partial charge in [-0.15, -0.1) is 11.3 Å². The highest BCUT2D eigenvalue weighted by Crippen LogP contribution is 2.25. The zero-order chi connectivity index (χ0) is 16.8. The van der Waals surface area contributed by atoms with Gasteiger partial charge in [0.1, 0.15) is 6.04 Å². The minimum atomic E-state index is -0.438. The van der Waals surface area contributed by atoms with E-state index >= 15 is 0 Å². The molecule has 6 nitrogen and oxygen atoms in total. The molecule has 126 valence electrons. The summed E-state index contributed by atoms with van der Waals surface area (Å²) in [7, 11) is 1.84. The first-order valence-electron chi connectivity index (χ1n) is 7.82. The molecule has 0 spiro atoms. The predicted octanol–water partition coefficient (Wildman–Crippen LogP) is 0.770. The molecule has 1 fully saturated rings. The van der Waals surface area contributed by atoms with Crippen molar-refractivity contribution >= 4 is 17.2 Å². The lowest BCUT2D eigenvalue weighted by Gasteiger charge is -2.37. The summed E-state index contributed by atoms with van der Waals surface area (Å²) >= 11 is 1.60. The normalized spacial score (nSPS) is 18.7. The fourth-order valence-electron chi connectivity index (χ4n) is 2.85. The summed E-state index contributed by atoms with van der Waals surface area (Å²) in [6, 6.07) is 6.10. The van der Waals surface area contributed by atoms with Gasteiger partial charge < -0.3 is 10.0 Å². The summed E-state index contributed by atoms with van der Waals surface area (Å²) < 4.78 is 0. The minimum absolute atomic E-state index is 0.0810. The number of carbonyl (C=O) groups excluding carboxylic acids is 1. The highest BCUT2D eigenvalue weighted by molar-refractivity contribution is 7.10. The van der Waals surface area contributed by atoms with Gasteiger partial charge in [0.15, 0.2) is 0 Å². The Labute approximate surface area is 141 Å². The lowest BCUT2D eigenvalue weighted by molar-refractivity contribution is -0.134. The molecule has 2 atom stereocenters. The zero-order valence-electron chi connectivity index (χ0n) is 13.7. The monoisotopic (exact) mass is 336 g/mol. The van der Waals surface area contributed by atoms with Crippen molar-refractivity contribution in [1.82, 2.24) is 14.7 Å². The Balaban J connectivity index is 1.83. The number of carbonyl (C=O) groups is 1. The highest BCUT2D eigenvalue weighted by atomic mass is 32.1. The van der Waals surface area contributed by atoms with Crippen LogP contribution in [0.2, 0.25) is 0 Å². The molecule has 1 aromatic heterocycles. The number of rotatable bonds is 6. The van der Waals surface area contributed by atoms with Crippen LogP contribution in [0.15, 0.2) is 17.5 Å². The second kappa shape index (κ2) is 8.41. The lowest BCUT2D eigenvalue weighted by Crippen LogP contribution is -2.51. The molecular weight excluding hydrogens is 312 g/mol. The van der Waals surface area contributed by atoms with E-state index in [1.54, 1.807) is 18.3 Å². The molecule has 0 aromatic carbocycles. The first-order chi connectivity index (χ1) is 11.0. The minimum Gasteiger partial charge on any atom is -0.392 e. The number of hydrogen-bond acceptors (Lipinski definition) is 6. The Hall–Kier alpha value is -1.46. The van der Waals surface area contributed by atoms with Gasteiger partial charge in [0.2, 0.25) is 5.91 Å². The number of amides is 1. The third-order valence-corrected chi connectivity index (χ3v) is 4.87. The number of aliphatic hydroxyl groups excluding tert-OH is 1. The van der Waals surface area contributed by atoms with Crippen molar-refractivity contribution in [2.45, 2.75) is 19.1 Å². The molecule has 0 bridgehead atoms. The van der Waals surface area contributed by atoms with E-state index in [4.69, 9.17) is 0 Å². The molecule has 1 aliphatic rings. The van der Waals surface area contributed by atoms with Gasteiger partial charge in [-0.05, 0) is 25.4 Å². The molecule has 1 N–H and O–H groups in total. The van der Waals surface area contributed by atoms with Crippen LogP contribution in [-0.2, 0) is 4.79 Å². The van der Waals surface area contributed by atoms with Crippen molar-refractivity contribution in [2.75, 3.05) is 46.3 Å². The molecule has 1 saturated heterocycles. The van der Waals surface area contributed by atoms with Crippen molar-refractivity contribution in [3.05, 3.63) is 22.4 Å². The van der Waals surface area contributed by atoms with E-state index in [2.05, 4.69) is 11.0 Å². The van der Waals surface area contributed by atoms with E-state index in [-0.39, 0.29) is 11.9 Å². The second-order valence-corrected chi connectivity index (χ2v) is 6.99. The molecule has 0 aliphatic carbocycles. The summed E-state index contributed by atoms with van der Waals surface area (Å²) in [5, 5.41) is 20.8. The SMILES string of the molecule is CC(O)CN(C)CC(=O)N1CCN(C(C#N)c2cccs2)CC1. The number of nitrogens with zero attached hydrogens (tertiary/aromatic N) is 4. The van der Waals surface area contributed by atoms with Crippen molar-refractivity contribution in [3.63, 3.8) is 0 Å². The van der Waals surface area contributed by atoms with Crippen molar-refractivity contribution < 1.29 is 9.90 Å². The number of hydrogen-bond donors (Lipinski definition) is 1. The van der Waals surface area contributed by atoms with Crippen LogP contribution in [-0.4, -0.2) is 78.1 Å². The van der Waals surface area contributed by atoms with E-state index in [0.717, 1.165) is 4.88 Å². The third kappa shape index (κ3) is 5.01. The van der Waals surface area contributed by atoms with Crippen molar-refractivity contribution in [3.8, 4) is 6.07 Å². The van der Waals surface area contributed by atoms with Crippen LogP contribution in [0, 0.1) is 11.3 Å². The molecule has 1 amide bonds. The Bertz CT molecular complexity index is 533. The van der Waals surface area contributed by atoms with Crippen LogP contribution in [0.3, 0.4) is 0 Å². The maximum atomic E-state index is 12.3. The summed E-state index contributed by atoms with van der Waals surface area (Å²) in [6.45, 7) is 5.23. The quantitative estimate of drug-likeness (QED) is 0.831. The van der Waals surface area contributed by atoms with Gasteiger partial charge in [0.25, 0.3) is 0 Å². The van der Waals surface area contributed by atoms with Gasteiger partial charge in [-0.2, -0.15) is 5.26 Å². The average Bonchev–Trinajstić information content (AvgIpc) is 3.02. The summed E-state index contributed by atoms with van der Waals surface area (Å²) in [5.41, 5.74) is 0. The van der Waals surface area contributed by atoms with Gasteiger partial charge >= 0.3 is 0 Å². The van der Waals surface area contributed by atoms with Crippen LogP contribution in [0.4, 0.5) is 0 Å². The molecule has 2 heterocycles. The highest BCUT2D eigenvalue weighted by Gasteiger charge is 2.27. The number of likely N-dealkylation sites (N-methyl/N-ethyl adjacent to an activating group) is 1. The Kier molecular flexibility index (Phi) is 6.54. The molecule has 1 aromatic rings. The van der Waals surface area contributed by atoms with Gasteiger partial charge in [0.05, 0.1) is 18.7 Å². The van der Waals surface area contributed by atoms with Crippen LogP contribution >= 0.6 is 11.3 Å². The molecule has 7 heteroatoms. The topological polar surface area (TPSA) is 70.8 Å². The van der Waals surface area contributed by atoms with Gasteiger partial charge in [-0.25, -0.2) is 0 Å². The first kappa shape index (κ1) is 17.9. The summed E-state index contributed by atoms with van der Waals surface area (Å²) in [4.78, 5) is 19.2. The molecule has 0 radical (unpaired) electrons. The second-order valence-electron chi connectivity index (χ2n) is 6.01. The first-order valence-corrected chi connectivity index (χ1v) is 8.70. The van der Waals surface area contributed by atoms with Crippen LogP contribution in [0.5, 0.6) is 0 Å². The molecule has 23 heavy (non-hydrogen) atoms. The van der Waals surface area contributed by atoms with Crippen LogP contribution in [0.1, 0.15) is 17.8 Å². The number of piperazine rings is 1. The molecule has 0 saturated carbocycles. The zero-order valence-corrected chi connectivity index (χ0v) is 14.5. The van der Waals surface area contributed by atoms with Gasteiger partial charge in [0, 0.05) is 37.6 Å². The Morgan fingerprint density at radius 3 is 2.70 bits per heavy atom. The number of thiophene rings is 1. The van der Waals surface area contributed by atoms with Crippen molar-refractivity contribution in [2.24, 2.45) is 0 Å². The van der Waals surface area contributed by atoms with Crippen molar-refractivity contribution in [1.29, 1.82) is 5.26 Å². The van der Waals surface area contributed by atoms with Gasteiger partial charge in [-0.1, -0.05) is 6.07 Å². The fraction of sp³-hybridized carbons (Fsp3) is 0.625.